The quantitative estimate of drug-likeness (QED) is 0.795. The summed E-state index contributed by atoms with van der Waals surface area (Å²) in [6.07, 6.45) is 1.50. The third-order valence-electron chi connectivity index (χ3n) is 2.53. The molecule has 2 rings (SSSR count). The molecule has 2 aromatic rings. The van der Waals surface area contributed by atoms with E-state index in [9.17, 15) is 13.2 Å². The number of rotatable bonds is 4. The van der Waals surface area contributed by atoms with Crippen molar-refractivity contribution in [1.82, 2.24) is 4.98 Å². The predicted octanol–water partition coefficient (Wildman–Crippen LogP) is 4.24. The highest BCUT2D eigenvalue weighted by Crippen LogP contribution is 2.32. The van der Waals surface area contributed by atoms with Gasteiger partial charge in [0.05, 0.1) is 23.1 Å². The third-order valence-corrected chi connectivity index (χ3v) is 3.76. The highest BCUT2D eigenvalue weighted by Gasteiger charge is 2.27. The lowest BCUT2D eigenvalue weighted by Crippen LogP contribution is -2.11. The molecule has 3 nitrogen and oxygen atoms in total. The number of anilines is 2. The number of nitrogen functional groups attached to an aromatic ring is 1. The number of thioether (sulfide) groups is 1. The van der Waals surface area contributed by atoms with Crippen LogP contribution in [0.25, 0.3) is 10.9 Å². The van der Waals surface area contributed by atoms with E-state index < -0.39 is 5.51 Å². The number of benzene rings is 1. The molecule has 1 heterocycles. The lowest BCUT2D eigenvalue weighted by atomic mass is 10.1. The van der Waals surface area contributed by atoms with Crippen molar-refractivity contribution in [1.29, 1.82) is 0 Å². The van der Waals surface area contributed by atoms with E-state index in [2.05, 4.69) is 26.2 Å². The second-order valence-corrected chi connectivity index (χ2v) is 6.05. The van der Waals surface area contributed by atoms with Gasteiger partial charge >= 0.3 is 5.51 Å². The average Bonchev–Trinajstić information content (AvgIpc) is 2.35. The minimum absolute atomic E-state index is 0.0610. The van der Waals surface area contributed by atoms with E-state index in [1.54, 1.807) is 0 Å². The Kier molecular flexibility index (Phi) is 4.64. The highest BCUT2D eigenvalue weighted by molar-refractivity contribution is 9.10. The second kappa shape index (κ2) is 6.09. The monoisotopic (exact) mass is 365 g/mol. The second-order valence-electron chi connectivity index (χ2n) is 3.97. The zero-order valence-corrected chi connectivity index (χ0v) is 12.6. The summed E-state index contributed by atoms with van der Waals surface area (Å²) in [5.74, 6) is -0.0826. The maximum absolute atomic E-state index is 12.1. The molecule has 3 N–H and O–H groups in total. The van der Waals surface area contributed by atoms with Gasteiger partial charge in [-0.05, 0) is 30.0 Å². The van der Waals surface area contributed by atoms with Crippen LogP contribution in [0.1, 0.15) is 0 Å². The van der Waals surface area contributed by atoms with Crippen molar-refractivity contribution in [2.45, 2.75) is 5.51 Å². The average molecular weight is 366 g/mol. The number of hydrogen-bond acceptors (Lipinski definition) is 4. The summed E-state index contributed by atoms with van der Waals surface area (Å²) >= 11 is 3.29. The van der Waals surface area contributed by atoms with Gasteiger partial charge in [0.1, 0.15) is 0 Å². The molecule has 0 bridgehead atoms. The molecular formula is C12H11BrF3N3S. The van der Waals surface area contributed by atoms with E-state index in [0.29, 0.717) is 11.4 Å². The Morgan fingerprint density at radius 1 is 1.35 bits per heavy atom. The molecule has 0 fully saturated rings. The number of fused-ring (bicyclic) bond motifs is 1. The first-order valence-corrected chi connectivity index (χ1v) is 7.43. The van der Waals surface area contributed by atoms with Crippen LogP contribution in [0.5, 0.6) is 0 Å². The van der Waals surface area contributed by atoms with Gasteiger partial charge in [-0.1, -0.05) is 15.9 Å². The molecule has 0 saturated carbocycles. The van der Waals surface area contributed by atoms with Gasteiger partial charge in [0.25, 0.3) is 0 Å². The van der Waals surface area contributed by atoms with Crippen molar-refractivity contribution in [2.75, 3.05) is 23.3 Å². The first-order valence-electron chi connectivity index (χ1n) is 5.65. The van der Waals surface area contributed by atoms with Crippen LogP contribution in [0.2, 0.25) is 0 Å². The van der Waals surface area contributed by atoms with Gasteiger partial charge in [0, 0.05) is 22.2 Å². The Labute approximate surface area is 126 Å². The molecule has 0 spiro atoms. The Morgan fingerprint density at radius 2 is 2.10 bits per heavy atom. The minimum atomic E-state index is -4.21. The van der Waals surface area contributed by atoms with Gasteiger partial charge < -0.3 is 11.1 Å². The molecule has 0 aliphatic rings. The number of nitrogens with two attached hydrogens (primary N) is 1. The van der Waals surface area contributed by atoms with E-state index >= 15 is 0 Å². The fourth-order valence-electron chi connectivity index (χ4n) is 1.72. The largest absolute Gasteiger partial charge is 0.441 e. The standard InChI is InChI=1S/C12H11BrF3N3S/c13-7-1-2-10-8(5-7)11(9(17)6-19-10)18-3-4-20-12(14,15)16/h1-2,5-6H,3-4,17H2,(H,18,19). The van der Waals surface area contributed by atoms with Gasteiger partial charge in [-0.15, -0.1) is 0 Å². The van der Waals surface area contributed by atoms with Crippen LogP contribution >= 0.6 is 27.7 Å². The lowest BCUT2D eigenvalue weighted by molar-refractivity contribution is -0.0327. The molecule has 0 saturated heterocycles. The Hall–Kier alpha value is -1.15. The first kappa shape index (κ1) is 15.2. The Bertz CT molecular complexity index is 613. The smallest absolute Gasteiger partial charge is 0.396 e. The summed E-state index contributed by atoms with van der Waals surface area (Å²) in [5.41, 5.74) is 3.37. The van der Waals surface area contributed by atoms with Crippen LogP contribution in [0.4, 0.5) is 24.5 Å². The van der Waals surface area contributed by atoms with Crippen LogP contribution in [0.3, 0.4) is 0 Å². The zero-order chi connectivity index (χ0) is 14.8. The van der Waals surface area contributed by atoms with Crippen molar-refractivity contribution >= 4 is 50.0 Å². The summed E-state index contributed by atoms with van der Waals surface area (Å²) in [5, 5.41) is 3.72. The maximum Gasteiger partial charge on any atom is 0.441 e. The number of nitrogens with zero attached hydrogens (tertiary/aromatic N) is 1. The molecule has 0 amide bonds. The topological polar surface area (TPSA) is 50.9 Å². The van der Waals surface area contributed by atoms with Crippen LogP contribution in [0.15, 0.2) is 28.9 Å². The Balaban J connectivity index is 2.16. The molecule has 8 heteroatoms. The summed E-state index contributed by atoms with van der Waals surface area (Å²) in [6, 6.07) is 5.49. The fraction of sp³-hybridized carbons (Fsp3) is 0.250. The zero-order valence-electron chi connectivity index (χ0n) is 10.2. The number of alkyl halides is 3. The van der Waals surface area contributed by atoms with Gasteiger partial charge in [-0.2, -0.15) is 13.2 Å². The van der Waals surface area contributed by atoms with Crippen molar-refractivity contribution in [3.63, 3.8) is 0 Å². The molecule has 0 atom stereocenters. The van der Waals surface area contributed by atoms with Crippen LogP contribution in [-0.4, -0.2) is 22.8 Å². The molecule has 0 aliphatic carbocycles. The number of nitrogens with one attached hydrogen (secondary N) is 1. The van der Waals surface area contributed by atoms with Crippen molar-refractivity contribution in [2.24, 2.45) is 0 Å². The lowest BCUT2D eigenvalue weighted by Gasteiger charge is -2.13. The number of pyridine rings is 1. The third kappa shape index (κ3) is 3.92. The molecule has 1 aromatic carbocycles. The summed E-state index contributed by atoms with van der Waals surface area (Å²) < 4.78 is 37.0. The maximum atomic E-state index is 12.1. The predicted molar refractivity (Wildman–Crippen MR) is 80.9 cm³/mol. The Morgan fingerprint density at radius 3 is 2.80 bits per heavy atom. The summed E-state index contributed by atoms with van der Waals surface area (Å²) in [7, 11) is 0. The van der Waals surface area contributed by atoms with Crippen LogP contribution in [0, 0.1) is 0 Å². The number of halogens is 4. The fourth-order valence-corrected chi connectivity index (χ4v) is 2.52. The molecule has 1 aromatic heterocycles. The van der Waals surface area contributed by atoms with Crippen molar-refractivity contribution in [3.8, 4) is 0 Å². The van der Waals surface area contributed by atoms with Gasteiger partial charge in [0.2, 0.25) is 0 Å². The van der Waals surface area contributed by atoms with Crippen molar-refractivity contribution < 1.29 is 13.2 Å². The normalized spacial score (nSPS) is 11.8. The van der Waals surface area contributed by atoms with Gasteiger partial charge in [-0.25, -0.2) is 0 Å². The molecule has 0 unspecified atom stereocenters. The summed E-state index contributed by atoms with van der Waals surface area (Å²) in [4.78, 5) is 4.18. The van der Waals surface area contributed by atoms with Crippen LogP contribution in [-0.2, 0) is 0 Å². The van der Waals surface area contributed by atoms with E-state index in [1.807, 2.05) is 18.2 Å². The minimum Gasteiger partial charge on any atom is -0.396 e. The molecule has 0 aliphatic heterocycles. The number of aromatic nitrogens is 1. The highest BCUT2D eigenvalue weighted by atomic mass is 79.9. The van der Waals surface area contributed by atoms with E-state index in [1.165, 1.54) is 6.20 Å². The molecular weight excluding hydrogens is 355 g/mol. The van der Waals surface area contributed by atoms with Crippen LogP contribution < -0.4 is 11.1 Å². The van der Waals surface area contributed by atoms with E-state index in [-0.39, 0.29) is 24.1 Å². The first-order chi connectivity index (χ1) is 9.37. The van der Waals surface area contributed by atoms with E-state index in [0.717, 1.165) is 15.4 Å². The van der Waals surface area contributed by atoms with E-state index in [4.69, 9.17) is 5.73 Å². The molecule has 0 radical (unpaired) electrons. The van der Waals surface area contributed by atoms with Gasteiger partial charge in [0.15, 0.2) is 0 Å². The molecule has 108 valence electrons. The number of hydrogen-bond donors (Lipinski definition) is 2. The molecule has 20 heavy (non-hydrogen) atoms. The summed E-state index contributed by atoms with van der Waals surface area (Å²) in [6.45, 7) is 0.167. The van der Waals surface area contributed by atoms with Gasteiger partial charge in [-0.3, -0.25) is 4.98 Å². The van der Waals surface area contributed by atoms with Crippen molar-refractivity contribution in [3.05, 3.63) is 28.9 Å². The SMILES string of the molecule is Nc1cnc2ccc(Br)cc2c1NCCSC(F)(F)F.